The maximum Gasteiger partial charge on any atom is 0.313 e. The number of benzene rings is 3. The van der Waals surface area contributed by atoms with Gasteiger partial charge in [0.15, 0.2) is 17.3 Å². The van der Waals surface area contributed by atoms with E-state index >= 15 is 0 Å². The van der Waals surface area contributed by atoms with Crippen molar-refractivity contribution in [3.05, 3.63) is 101 Å². The number of nitrogens with one attached hydrogen (secondary N) is 3. The molecule has 0 spiro atoms. The van der Waals surface area contributed by atoms with Gasteiger partial charge in [-0.3, -0.25) is 33.6 Å². The van der Waals surface area contributed by atoms with Crippen LogP contribution in [-0.2, 0) is 57.6 Å². The van der Waals surface area contributed by atoms with Crippen molar-refractivity contribution in [1.82, 2.24) is 16.0 Å². The molecule has 14 nitrogen and oxygen atoms in total. The second kappa shape index (κ2) is 26.4. The summed E-state index contributed by atoms with van der Waals surface area (Å²) in [7, 11) is 0. The molecule has 2 heterocycles. The Morgan fingerprint density at radius 3 is 1.94 bits per heavy atom. The SMILES string of the molecule is C#CCNC(=O)c1cc(C[N+]2(CC(=O)C[C@@H](CCc3ccccc3)C(=O)N[C@@H](CC(C)C)C(=O)C[C@@H](Cc3ccccc3)C(=O)N[C@@H](CC(C)C)C(=O)[C@@]3(C)CO3)CCOCC2)ccc1OC(=O)C(C)C. The molecule has 71 heavy (non-hydrogen) atoms. The summed E-state index contributed by atoms with van der Waals surface area (Å²) >= 11 is 0. The van der Waals surface area contributed by atoms with Crippen molar-refractivity contribution in [2.75, 3.05) is 46.0 Å². The van der Waals surface area contributed by atoms with Gasteiger partial charge in [0.05, 0.1) is 49.9 Å². The predicted molar refractivity (Wildman–Crippen MR) is 271 cm³/mol. The lowest BCUT2D eigenvalue weighted by Gasteiger charge is -2.41. The monoisotopic (exact) mass is 976 g/mol. The van der Waals surface area contributed by atoms with Crippen molar-refractivity contribution in [1.29, 1.82) is 0 Å². The van der Waals surface area contributed by atoms with Crippen LogP contribution in [0.25, 0.3) is 0 Å². The zero-order valence-corrected chi connectivity index (χ0v) is 42.8. The predicted octanol–water partition coefficient (Wildman–Crippen LogP) is 6.40. The highest BCUT2D eigenvalue weighted by Gasteiger charge is 2.50. The van der Waals surface area contributed by atoms with Crippen LogP contribution < -0.4 is 20.7 Å². The normalized spacial score (nSPS) is 17.8. The van der Waals surface area contributed by atoms with E-state index in [1.54, 1.807) is 39.0 Å². The molecule has 0 aliphatic carbocycles. The minimum atomic E-state index is -0.947. The van der Waals surface area contributed by atoms with E-state index in [0.717, 1.165) is 16.7 Å². The molecular formula is C57H75N4O10+. The molecule has 0 saturated carbocycles. The molecule has 0 aromatic heterocycles. The van der Waals surface area contributed by atoms with Crippen molar-refractivity contribution in [2.45, 2.75) is 118 Å². The number of aryl methyl sites for hydroxylation is 1. The lowest BCUT2D eigenvalue weighted by Crippen LogP contribution is -2.57. The van der Waals surface area contributed by atoms with E-state index in [0.29, 0.717) is 63.0 Å². The number of ketones is 3. The molecule has 0 bridgehead atoms. The summed E-state index contributed by atoms with van der Waals surface area (Å²) in [6, 6.07) is 22.4. The summed E-state index contributed by atoms with van der Waals surface area (Å²) in [4.78, 5) is 97.5. The third kappa shape index (κ3) is 17.4. The summed E-state index contributed by atoms with van der Waals surface area (Å²) < 4.78 is 17.1. The summed E-state index contributed by atoms with van der Waals surface area (Å²) in [6.45, 7) is 15.5. The van der Waals surface area contributed by atoms with Crippen LogP contribution in [0, 0.1) is 41.9 Å². The fraction of sp³-hybridized carbons (Fsp3) is 0.526. The molecule has 0 radical (unpaired) electrons. The number of hydrogen-bond acceptors (Lipinski definition) is 10. The molecule has 14 heteroatoms. The molecule has 2 fully saturated rings. The van der Waals surface area contributed by atoms with E-state index in [4.69, 9.17) is 20.6 Å². The number of nitrogens with zero attached hydrogens (tertiary/aromatic N) is 1. The summed E-state index contributed by atoms with van der Waals surface area (Å²) in [5.74, 6) is -1.94. The van der Waals surface area contributed by atoms with Gasteiger partial charge in [-0.05, 0) is 80.2 Å². The van der Waals surface area contributed by atoms with Crippen molar-refractivity contribution in [2.24, 2.45) is 29.6 Å². The van der Waals surface area contributed by atoms with Crippen LogP contribution >= 0.6 is 0 Å². The Bertz CT molecular complexity index is 2350. The minimum Gasteiger partial charge on any atom is -0.425 e. The van der Waals surface area contributed by atoms with Gasteiger partial charge in [-0.2, -0.15) is 0 Å². The smallest absolute Gasteiger partial charge is 0.313 e. The van der Waals surface area contributed by atoms with Crippen LogP contribution in [0.2, 0.25) is 0 Å². The second-order valence-electron chi connectivity index (χ2n) is 20.8. The second-order valence-corrected chi connectivity index (χ2v) is 20.8. The van der Waals surface area contributed by atoms with Crippen molar-refractivity contribution < 1.29 is 52.3 Å². The largest absolute Gasteiger partial charge is 0.425 e. The number of quaternary nitrogens is 1. The number of Topliss-reactive ketones (excluding diaryl/α,β-unsaturated/α-hetero) is 3. The van der Waals surface area contributed by atoms with E-state index < -0.39 is 59.1 Å². The average molecular weight is 976 g/mol. The maximum absolute atomic E-state index is 14.7. The number of ether oxygens (including phenoxy) is 3. The quantitative estimate of drug-likeness (QED) is 0.0242. The number of amides is 3. The van der Waals surface area contributed by atoms with Crippen LogP contribution in [0.3, 0.4) is 0 Å². The van der Waals surface area contributed by atoms with Gasteiger partial charge in [0.2, 0.25) is 11.8 Å². The minimum absolute atomic E-state index is 0.00620. The Balaban J connectivity index is 1.38. The fourth-order valence-corrected chi connectivity index (χ4v) is 9.09. The molecular weight excluding hydrogens is 901 g/mol. The number of terminal acetylenes is 1. The summed E-state index contributed by atoms with van der Waals surface area (Å²) in [5.41, 5.74) is 1.78. The zero-order valence-electron chi connectivity index (χ0n) is 42.8. The van der Waals surface area contributed by atoms with E-state index in [9.17, 15) is 33.6 Å². The van der Waals surface area contributed by atoms with Gasteiger partial charge in [-0.25, -0.2) is 0 Å². The Morgan fingerprint density at radius 2 is 1.35 bits per heavy atom. The summed E-state index contributed by atoms with van der Waals surface area (Å²) in [6.07, 6.45) is 6.98. The molecule has 3 aromatic carbocycles. The van der Waals surface area contributed by atoms with Gasteiger partial charge in [-0.15, -0.1) is 6.42 Å². The van der Waals surface area contributed by atoms with Crippen LogP contribution in [0.1, 0.15) is 108 Å². The number of hydrogen-bond donors (Lipinski definition) is 3. The maximum atomic E-state index is 14.7. The highest BCUT2D eigenvalue weighted by Crippen LogP contribution is 2.31. The van der Waals surface area contributed by atoms with E-state index in [2.05, 4.69) is 21.9 Å². The Hall–Kier alpha value is -6.01. The van der Waals surface area contributed by atoms with Gasteiger partial charge < -0.3 is 34.6 Å². The molecule has 3 N–H and O–H groups in total. The number of morpholine rings is 1. The highest BCUT2D eigenvalue weighted by atomic mass is 16.6. The molecule has 5 atom stereocenters. The Kier molecular flexibility index (Phi) is 20.8. The molecule has 382 valence electrons. The van der Waals surface area contributed by atoms with E-state index in [1.807, 2.05) is 88.4 Å². The van der Waals surface area contributed by atoms with Gasteiger partial charge in [0.1, 0.15) is 37.5 Å². The lowest BCUT2D eigenvalue weighted by atomic mass is 9.87. The first-order chi connectivity index (χ1) is 33.8. The van der Waals surface area contributed by atoms with Crippen molar-refractivity contribution >= 4 is 41.0 Å². The van der Waals surface area contributed by atoms with Crippen molar-refractivity contribution in [3.8, 4) is 18.1 Å². The topological polar surface area (TPSA) is 187 Å². The molecule has 2 aliphatic heterocycles. The first-order valence-corrected chi connectivity index (χ1v) is 25.2. The summed E-state index contributed by atoms with van der Waals surface area (Å²) in [5, 5.41) is 8.72. The van der Waals surface area contributed by atoms with Gasteiger partial charge in [-0.1, -0.05) is 108 Å². The molecule has 3 amide bonds. The number of carbonyl (C=O) groups is 7. The number of carbonyl (C=O) groups excluding carboxylic acids is 7. The molecule has 5 rings (SSSR count). The van der Waals surface area contributed by atoms with Crippen LogP contribution in [0.15, 0.2) is 78.9 Å². The van der Waals surface area contributed by atoms with Gasteiger partial charge in [0, 0.05) is 30.2 Å². The standard InChI is InChI=1S/C57H74N4O10/c1-9-24-58-55(67)47-32-43(21-23-51(47)71-56(68)40(6)7)35-61(25-27-69-28-26-61)36-46(62)33-44(22-20-41-16-12-10-13-17-41)53(65)59-48(29-38(2)3)50(63)34-45(31-42-18-14-11-15-19-42)54(66)60-49(30-39(4)5)52(64)57(8)37-70-57/h1,10-19,21,23,32,38-40,44-45,48-49H,20,22,24-31,33-37H2,2-8H3,(H2-,58,59,60,65,66,67)/p+1/t44-,45-,48+,49+,57-/m1/s1. The van der Waals surface area contributed by atoms with Crippen LogP contribution in [0.5, 0.6) is 5.75 Å². The van der Waals surface area contributed by atoms with E-state index in [1.165, 1.54) is 0 Å². The van der Waals surface area contributed by atoms with Crippen LogP contribution in [-0.4, -0.2) is 109 Å². The zero-order chi connectivity index (χ0) is 51.7. The first kappa shape index (κ1) is 55.9. The fourth-order valence-electron chi connectivity index (χ4n) is 9.09. The molecule has 2 saturated heterocycles. The third-order valence-electron chi connectivity index (χ3n) is 13.2. The number of esters is 1. The average Bonchev–Trinajstić information content (AvgIpc) is 4.09. The molecule has 0 unspecified atom stereocenters. The number of rotatable bonds is 28. The van der Waals surface area contributed by atoms with Crippen LogP contribution in [0.4, 0.5) is 0 Å². The third-order valence-corrected chi connectivity index (χ3v) is 13.2. The highest BCUT2D eigenvalue weighted by molar-refractivity contribution is 5.99. The van der Waals surface area contributed by atoms with Crippen molar-refractivity contribution in [3.63, 3.8) is 0 Å². The molecule has 2 aliphatic rings. The lowest BCUT2D eigenvalue weighted by molar-refractivity contribution is -0.940. The van der Waals surface area contributed by atoms with Gasteiger partial charge in [0.25, 0.3) is 5.91 Å². The first-order valence-electron chi connectivity index (χ1n) is 25.2. The Morgan fingerprint density at radius 1 is 0.761 bits per heavy atom. The van der Waals surface area contributed by atoms with E-state index in [-0.39, 0.29) is 79.5 Å². The molecule has 3 aromatic rings. The number of epoxide rings is 1. The van der Waals surface area contributed by atoms with Gasteiger partial charge >= 0.3 is 5.97 Å². The Labute approximate surface area is 420 Å².